The van der Waals surface area contributed by atoms with Crippen molar-refractivity contribution in [1.82, 2.24) is 15.1 Å². The van der Waals surface area contributed by atoms with Crippen LogP contribution in [0.1, 0.15) is 34.1 Å². The van der Waals surface area contributed by atoms with E-state index in [1.54, 1.807) is 13.8 Å². The Labute approximate surface area is 182 Å². The zero-order chi connectivity index (χ0) is 22.6. The van der Waals surface area contributed by atoms with Gasteiger partial charge in [-0.2, -0.15) is 18.3 Å². The van der Waals surface area contributed by atoms with Gasteiger partial charge in [-0.3, -0.25) is 4.79 Å². The van der Waals surface area contributed by atoms with Gasteiger partial charge in [0.2, 0.25) is 0 Å². The average Bonchev–Trinajstić information content (AvgIpc) is 2.99. The number of amides is 1. The minimum atomic E-state index is -4.53. The number of nitrogens with one attached hydrogen (secondary N) is 1. The highest BCUT2D eigenvalue weighted by Gasteiger charge is 2.34. The number of benzene rings is 2. The molecule has 0 saturated carbocycles. The summed E-state index contributed by atoms with van der Waals surface area (Å²) in [6.07, 6.45) is -4.53. The molecular formula is C22H21ClF3N3O2. The fourth-order valence-electron chi connectivity index (χ4n) is 3.05. The topological polar surface area (TPSA) is 56.2 Å². The molecule has 9 heteroatoms. The maximum absolute atomic E-state index is 13.1. The summed E-state index contributed by atoms with van der Waals surface area (Å²) in [7, 11) is 0. The lowest BCUT2D eigenvalue weighted by molar-refractivity contribution is -0.139. The van der Waals surface area contributed by atoms with Crippen molar-refractivity contribution in [2.45, 2.75) is 32.6 Å². The molecule has 0 saturated heterocycles. The van der Waals surface area contributed by atoms with Gasteiger partial charge >= 0.3 is 6.18 Å². The van der Waals surface area contributed by atoms with Gasteiger partial charge in [0.1, 0.15) is 17.5 Å². The lowest BCUT2D eigenvalue weighted by Crippen LogP contribution is -2.37. The van der Waals surface area contributed by atoms with E-state index in [0.29, 0.717) is 12.2 Å². The summed E-state index contributed by atoms with van der Waals surface area (Å²) in [5.41, 5.74) is 0.785. The molecule has 0 aliphatic carbocycles. The quantitative estimate of drug-likeness (QED) is 0.543. The Hall–Kier alpha value is -3.00. The van der Waals surface area contributed by atoms with Gasteiger partial charge in [-0.05, 0) is 31.5 Å². The van der Waals surface area contributed by atoms with E-state index in [1.807, 2.05) is 30.3 Å². The minimum Gasteiger partial charge on any atom is -0.491 e. The third-order valence-corrected chi connectivity index (χ3v) is 4.91. The van der Waals surface area contributed by atoms with E-state index in [2.05, 4.69) is 10.4 Å². The van der Waals surface area contributed by atoms with Gasteiger partial charge in [0.05, 0.1) is 29.4 Å². The molecule has 1 aromatic heterocycles. The number of carbonyl (C=O) groups is 1. The number of carbonyl (C=O) groups excluding carboxylic acids is 1. The third kappa shape index (κ3) is 5.58. The van der Waals surface area contributed by atoms with Crippen molar-refractivity contribution in [2.24, 2.45) is 0 Å². The Kier molecular flexibility index (Phi) is 6.90. The number of rotatable bonds is 7. The lowest BCUT2D eigenvalue weighted by Gasteiger charge is -2.18. The van der Waals surface area contributed by atoms with Gasteiger partial charge in [-0.1, -0.05) is 54.1 Å². The van der Waals surface area contributed by atoms with E-state index in [4.69, 9.17) is 16.3 Å². The molecule has 1 unspecified atom stereocenters. The SMILES string of the molecule is Cc1nn(Cc2ccccc2)c(Cl)c1C(=O)NC(C)COc1ccccc1C(F)(F)F. The Morgan fingerprint density at radius 1 is 1.16 bits per heavy atom. The largest absolute Gasteiger partial charge is 0.491 e. The van der Waals surface area contributed by atoms with Crippen molar-refractivity contribution in [3.05, 3.63) is 82.1 Å². The van der Waals surface area contributed by atoms with Gasteiger partial charge in [0.15, 0.2) is 0 Å². The maximum atomic E-state index is 13.1. The van der Waals surface area contributed by atoms with Crippen LogP contribution >= 0.6 is 11.6 Å². The summed E-state index contributed by atoms with van der Waals surface area (Å²) >= 11 is 6.39. The Bertz CT molecular complexity index is 1050. The number of para-hydroxylation sites is 1. The minimum absolute atomic E-state index is 0.145. The van der Waals surface area contributed by atoms with Crippen molar-refractivity contribution < 1.29 is 22.7 Å². The second-order valence-corrected chi connectivity index (χ2v) is 7.43. The van der Waals surface area contributed by atoms with Crippen molar-refractivity contribution in [2.75, 3.05) is 6.61 Å². The summed E-state index contributed by atoms with van der Waals surface area (Å²) in [4.78, 5) is 12.7. The first-order valence-corrected chi connectivity index (χ1v) is 9.91. The van der Waals surface area contributed by atoms with E-state index in [0.717, 1.165) is 11.6 Å². The molecule has 31 heavy (non-hydrogen) atoms. The first kappa shape index (κ1) is 22.7. The Morgan fingerprint density at radius 2 is 1.81 bits per heavy atom. The van der Waals surface area contributed by atoms with Crippen LogP contribution in [0, 0.1) is 6.92 Å². The molecule has 0 radical (unpaired) electrons. The van der Waals surface area contributed by atoms with Crippen LogP contribution in [0.5, 0.6) is 5.75 Å². The number of halogens is 4. The summed E-state index contributed by atoms with van der Waals surface area (Å²) in [6, 6.07) is 13.9. The average molecular weight is 452 g/mol. The second kappa shape index (κ2) is 9.43. The number of alkyl halides is 3. The van der Waals surface area contributed by atoms with E-state index in [9.17, 15) is 18.0 Å². The highest BCUT2D eigenvalue weighted by atomic mass is 35.5. The smallest absolute Gasteiger partial charge is 0.419 e. The first-order valence-electron chi connectivity index (χ1n) is 9.53. The van der Waals surface area contributed by atoms with Crippen LogP contribution in [0.3, 0.4) is 0 Å². The number of hydrogen-bond donors (Lipinski definition) is 1. The van der Waals surface area contributed by atoms with Gasteiger partial charge in [-0.15, -0.1) is 0 Å². The van der Waals surface area contributed by atoms with Crippen molar-refractivity contribution in [1.29, 1.82) is 0 Å². The second-order valence-electron chi connectivity index (χ2n) is 7.07. The number of aromatic nitrogens is 2. The Morgan fingerprint density at radius 3 is 2.48 bits per heavy atom. The van der Waals surface area contributed by atoms with E-state index in [-0.39, 0.29) is 23.1 Å². The van der Waals surface area contributed by atoms with Gasteiger partial charge in [-0.25, -0.2) is 4.68 Å². The molecular weight excluding hydrogens is 431 g/mol. The zero-order valence-corrected chi connectivity index (χ0v) is 17.7. The molecule has 1 heterocycles. The van der Waals surface area contributed by atoms with Crippen LogP contribution in [0.25, 0.3) is 0 Å². The molecule has 1 N–H and O–H groups in total. The molecule has 1 amide bonds. The predicted octanol–water partition coefficient (Wildman–Crippen LogP) is 5.11. The molecule has 0 spiro atoms. The van der Waals surface area contributed by atoms with E-state index >= 15 is 0 Å². The monoisotopic (exact) mass is 451 g/mol. The normalized spacial score (nSPS) is 12.5. The molecule has 164 valence electrons. The summed E-state index contributed by atoms with van der Waals surface area (Å²) in [6.45, 7) is 3.56. The van der Waals surface area contributed by atoms with Crippen LogP contribution in [0.2, 0.25) is 5.15 Å². The van der Waals surface area contributed by atoms with Crippen molar-refractivity contribution in [3.8, 4) is 5.75 Å². The van der Waals surface area contributed by atoms with Crippen LogP contribution in [0.4, 0.5) is 13.2 Å². The third-order valence-electron chi connectivity index (χ3n) is 4.53. The molecule has 0 aliphatic rings. The Balaban J connectivity index is 1.66. The highest BCUT2D eigenvalue weighted by Crippen LogP contribution is 2.35. The number of aryl methyl sites for hydroxylation is 1. The fraction of sp³-hybridized carbons (Fsp3) is 0.273. The summed E-state index contributed by atoms with van der Waals surface area (Å²) in [5, 5.41) is 7.22. The first-order chi connectivity index (χ1) is 14.7. The summed E-state index contributed by atoms with van der Waals surface area (Å²) < 4.78 is 46.1. The molecule has 0 aliphatic heterocycles. The zero-order valence-electron chi connectivity index (χ0n) is 16.9. The van der Waals surface area contributed by atoms with E-state index in [1.165, 1.54) is 22.9 Å². The van der Waals surface area contributed by atoms with Crippen LogP contribution in [0.15, 0.2) is 54.6 Å². The molecule has 1 atom stereocenters. The predicted molar refractivity (Wildman–Crippen MR) is 111 cm³/mol. The number of hydrogen-bond acceptors (Lipinski definition) is 3. The molecule has 3 aromatic rings. The van der Waals surface area contributed by atoms with Crippen molar-refractivity contribution >= 4 is 17.5 Å². The van der Waals surface area contributed by atoms with Crippen LogP contribution in [-0.2, 0) is 12.7 Å². The van der Waals surface area contributed by atoms with Crippen LogP contribution in [-0.4, -0.2) is 28.3 Å². The standard InChI is InChI=1S/C22H21ClF3N3O2/c1-14(13-31-18-11-7-6-10-17(18)22(24,25)26)27-21(30)19-15(2)28-29(20(19)23)12-16-8-4-3-5-9-16/h3-11,14H,12-13H2,1-2H3,(H,27,30). The van der Waals surface area contributed by atoms with Crippen molar-refractivity contribution in [3.63, 3.8) is 0 Å². The lowest BCUT2D eigenvalue weighted by atomic mass is 10.2. The molecule has 3 rings (SSSR count). The molecule has 0 fully saturated rings. The van der Waals surface area contributed by atoms with Crippen LogP contribution < -0.4 is 10.1 Å². The van der Waals surface area contributed by atoms with Gasteiger partial charge in [0, 0.05) is 0 Å². The molecule has 0 bridgehead atoms. The summed E-state index contributed by atoms with van der Waals surface area (Å²) in [5.74, 6) is -0.761. The molecule has 2 aromatic carbocycles. The maximum Gasteiger partial charge on any atom is 0.419 e. The molecule has 5 nitrogen and oxygen atoms in total. The highest BCUT2D eigenvalue weighted by molar-refractivity contribution is 6.33. The van der Waals surface area contributed by atoms with Gasteiger partial charge in [0.25, 0.3) is 5.91 Å². The number of ether oxygens (including phenoxy) is 1. The van der Waals surface area contributed by atoms with E-state index < -0.39 is 23.7 Å². The number of nitrogens with zero attached hydrogens (tertiary/aromatic N) is 2. The fourth-order valence-corrected chi connectivity index (χ4v) is 3.37. The van der Waals surface area contributed by atoms with Gasteiger partial charge < -0.3 is 10.1 Å².